The van der Waals surface area contributed by atoms with Crippen molar-refractivity contribution in [3.05, 3.63) is 99.0 Å². The Bertz CT molecular complexity index is 1430. The lowest BCUT2D eigenvalue weighted by Gasteiger charge is -2.34. The average molecular weight is 591 g/mol. The van der Waals surface area contributed by atoms with E-state index in [9.17, 15) is 18.0 Å². The van der Waals surface area contributed by atoms with Crippen LogP contribution in [0.2, 0.25) is 10.0 Å². The molecule has 0 spiro atoms. The number of hydrogen-bond donors (Lipinski definition) is 1. The van der Waals surface area contributed by atoms with Crippen molar-refractivity contribution >= 4 is 50.7 Å². The summed E-state index contributed by atoms with van der Waals surface area (Å²) in [5, 5.41) is 3.50. The number of hydrogen-bond acceptors (Lipinski definition) is 4. The summed E-state index contributed by atoms with van der Waals surface area (Å²) in [6, 6.07) is 18.9. The van der Waals surface area contributed by atoms with Gasteiger partial charge < -0.3 is 10.2 Å². The van der Waals surface area contributed by atoms with Crippen LogP contribution in [0.4, 0.5) is 5.69 Å². The van der Waals surface area contributed by atoms with E-state index in [0.29, 0.717) is 33.4 Å². The van der Waals surface area contributed by atoms with E-state index in [0.717, 1.165) is 21.7 Å². The first-order valence-electron chi connectivity index (χ1n) is 12.5. The van der Waals surface area contributed by atoms with E-state index in [-0.39, 0.29) is 18.9 Å². The number of nitrogens with one attached hydrogen (secondary N) is 1. The second-order valence-corrected chi connectivity index (χ2v) is 12.2. The topological polar surface area (TPSA) is 86.8 Å². The first-order valence-corrected chi connectivity index (χ1v) is 15.1. The van der Waals surface area contributed by atoms with Gasteiger partial charge in [0.05, 0.1) is 22.0 Å². The number of rotatable bonds is 11. The van der Waals surface area contributed by atoms with E-state index in [4.69, 9.17) is 23.2 Å². The molecular weight excluding hydrogens is 557 g/mol. The molecule has 1 unspecified atom stereocenters. The van der Waals surface area contributed by atoms with Gasteiger partial charge in [-0.15, -0.1) is 0 Å². The molecule has 39 heavy (non-hydrogen) atoms. The zero-order valence-corrected chi connectivity index (χ0v) is 24.8. The normalized spacial score (nSPS) is 12.1. The largest absolute Gasteiger partial charge is 0.355 e. The van der Waals surface area contributed by atoms with Crippen molar-refractivity contribution in [3.63, 3.8) is 0 Å². The van der Waals surface area contributed by atoms with Crippen LogP contribution in [0, 0.1) is 13.8 Å². The second-order valence-electron chi connectivity index (χ2n) is 9.43. The zero-order chi connectivity index (χ0) is 28.7. The van der Waals surface area contributed by atoms with Crippen LogP contribution in [0.5, 0.6) is 0 Å². The summed E-state index contributed by atoms with van der Waals surface area (Å²) in [6.45, 7) is 5.36. The minimum Gasteiger partial charge on any atom is -0.355 e. The molecule has 1 atom stereocenters. The molecule has 1 N–H and O–H groups in total. The highest BCUT2D eigenvalue weighted by Gasteiger charge is 2.33. The van der Waals surface area contributed by atoms with Crippen molar-refractivity contribution in [2.75, 3.05) is 23.7 Å². The molecule has 3 rings (SSSR count). The number of nitrogens with zero attached hydrogens (tertiary/aromatic N) is 2. The van der Waals surface area contributed by atoms with Crippen LogP contribution in [0.25, 0.3) is 0 Å². The lowest BCUT2D eigenvalue weighted by atomic mass is 10.0. The monoisotopic (exact) mass is 589 g/mol. The van der Waals surface area contributed by atoms with Gasteiger partial charge in [-0.05, 0) is 61.2 Å². The molecule has 208 valence electrons. The Labute approximate surface area is 240 Å². The van der Waals surface area contributed by atoms with Gasteiger partial charge in [0, 0.05) is 19.5 Å². The fourth-order valence-electron chi connectivity index (χ4n) is 4.26. The van der Waals surface area contributed by atoms with E-state index >= 15 is 0 Å². The van der Waals surface area contributed by atoms with Crippen LogP contribution in [0.1, 0.15) is 29.2 Å². The Kier molecular flexibility index (Phi) is 10.4. The van der Waals surface area contributed by atoms with Crippen LogP contribution in [0.15, 0.2) is 66.7 Å². The molecular formula is C29H33Cl2N3O4S. The van der Waals surface area contributed by atoms with Crippen molar-refractivity contribution in [2.45, 2.75) is 39.8 Å². The number of benzene rings is 3. The van der Waals surface area contributed by atoms with E-state index in [1.807, 2.05) is 49.4 Å². The molecule has 0 saturated heterocycles. The first kappa shape index (κ1) is 30.5. The number of likely N-dealkylation sites (N-methyl/N-ethyl adjacent to an activating group) is 1. The predicted octanol–water partition coefficient (Wildman–Crippen LogP) is 5.15. The molecule has 0 aliphatic carbocycles. The third-order valence-electron chi connectivity index (χ3n) is 6.27. The summed E-state index contributed by atoms with van der Waals surface area (Å²) in [5.41, 5.74) is 3.49. The molecule has 0 saturated carbocycles. The number of amides is 2. The molecule has 0 fully saturated rings. The van der Waals surface area contributed by atoms with Crippen LogP contribution >= 0.6 is 23.2 Å². The fourth-order valence-corrected chi connectivity index (χ4v) is 5.48. The van der Waals surface area contributed by atoms with Gasteiger partial charge in [-0.1, -0.05) is 71.7 Å². The van der Waals surface area contributed by atoms with Crippen molar-refractivity contribution in [1.29, 1.82) is 0 Å². The molecule has 0 heterocycles. The van der Waals surface area contributed by atoms with Crippen LogP contribution in [-0.4, -0.2) is 50.5 Å². The van der Waals surface area contributed by atoms with Gasteiger partial charge in [0.25, 0.3) is 0 Å². The Hall–Kier alpha value is -3.07. The van der Waals surface area contributed by atoms with Gasteiger partial charge in [-0.25, -0.2) is 8.42 Å². The fraction of sp³-hybridized carbons (Fsp3) is 0.310. The van der Waals surface area contributed by atoms with Gasteiger partial charge in [-0.3, -0.25) is 13.9 Å². The number of halogens is 2. The number of sulfonamides is 1. The predicted molar refractivity (Wildman–Crippen MR) is 158 cm³/mol. The lowest BCUT2D eigenvalue weighted by Crippen LogP contribution is -2.53. The Morgan fingerprint density at radius 1 is 0.923 bits per heavy atom. The van der Waals surface area contributed by atoms with Gasteiger partial charge in [0.15, 0.2) is 0 Å². The van der Waals surface area contributed by atoms with Crippen LogP contribution < -0.4 is 9.62 Å². The summed E-state index contributed by atoms with van der Waals surface area (Å²) in [5.74, 6) is -0.869. The lowest BCUT2D eigenvalue weighted by molar-refractivity contribution is -0.140. The highest BCUT2D eigenvalue weighted by molar-refractivity contribution is 7.92. The molecule has 10 heteroatoms. The molecule has 0 aliphatic rings. The smallest absolute Gasteiger partial charge is 0.244 e. The standard InChI is InChI=1S/C29H33Cl2N3O4S/c1-5-32-29(36)27(17-22-9-7-6-8-10-22)33(18-23-13-14-24(30)25(31)16-23)28(35)19-34(39(4,37)38)26-15-20(2)11-12-21(26)3/h6-16,27H,5,17-19H2,1-4H3,(H,32,36). The zero-order valence-electron chi connectivity index (χ0n) is 22.4. The summed E-state index contributed by atoms with van der Waals surface area (Å²) in [6.07, 6.45) is 1.30. The highest BCUT2D eigenvalue weighted by Crippen LogP contribution is 2.27. The molecule has 0 aromatic heterocycles. The maximum Gasteiger partial charge on any atom is 0.244 e. The summed E-state index contributed by atoms with van der Waals surface area (Å²) >= 11 is 12.4. The van der Waals surface area contributed by atoms with Crippen molar-refractivity contribution < 1.29 is 18.0 Å². The van der Waals surface area contributed by atoms with Crippen molar-refractivity contribution in [3.8, 4) is 0 Å². The summed E-state index contributed by atoms with van der Waals surface area (Å²) in [7, 11) is -3.84. The maximum absolute atomic E-state index is 14.0. The minimum atomic E-state index is -3.84. The minimum absolute atomic E-state index is 0.0226. The summed E-state index contributed by atoms with van der Waals surface area (Å²) < 4.78 is 27.0. The Morgan fingerprint density at radius 3 is 2.23 bits per heavy atom. The van der Waals surface area contributed by atoms with E-state index in [2.05, 4.69) is 5.32 Å². The Morgan fingerprint density at radius 2 is 1.62 bits per heavy atom. The third kappa shape index (κ3) is 8.21. The Balaban J connectivity index is 2.08. The maximum atomic E-state index is 14.0. The van der Waals surface area contributed by atoms with Gasteiger partial charge in [0.2, 0.25) is 21.8 Å². The number of carbonyl (C=O) groups is 2. The van der Waals surface area contributed by atoms with E-state index < -0.39 is 28.5 Å². The van der Waals surface area contributed by atoms with E-state index in [1.165, 1.54) is 4.90 Å². The van der Waals surface area contributed by atoms with Gasteiger partial charge in [-0.2, -0.15) is 0 Å². The number of carbonyl (C=O) groups excluding carboxylic acids is 2. The third-order valence-corrected chi connectivity index (χ3v) is 8.14. The molecule has 7 nitrogen and oxygen atoms in total. The second kappa shape index (κ2) is 13.3. The molecule has 0 bridgehead atoms. The van der Waals surface area contributed by atoms with Crippen LogP contribution in [-0.2, 0) is 32.6 Å². The molecule has 0 radical (unpaired) electrons. The number of anilines is 1. The quantitative estimate of drug-likeness (QED) is 0.335. The molecule has 3 aromatic rings. The SMILES string of the molecule is CCNC(=O)C(Cc1ccccc1)N(Cc1ccc(Cl)c(Cl)c1)C(=O)CN(c1cc(C)ccc1C)S(C)(=O)=O. The average Bonchev–Trinajstić information content (AvgIpc) is 2.88. The molecule has 2 amide bonds. The molecule has 0 aliphatic heterocycles. The van der Waals surface area contributed by atoms with Gasteiger partial charge >= 0.3 is 0 Å². The highest BCUT2D eigenvalue weighted by atomic mass is 35.5. The molecule has 3 aromatic carbocycles. The van der Waals surface area contributed by atoms with Crippen molar-refractivity contribution in [1.82, 2.24) is 10.2 Å². The van der Waals surface area contributed by atoms with E-state index in [1.54, 1.807) is 38.1 Å². The first-order chi connectivity index (χ1) is 18.4. The summed E-state index contributed by atoms with van der Waals surface area (Å²) in [4.78, 5) is 28.8. The van der Waals surface area contributed by atoms with Crippen LogP contribution in [0.3, 0.4) is 0 Å². The van der Waals surface area contributed by atoms with Gasteiger partial charge in [0.1, 0.15) is 12.6 Å². The van der Waals surface area contributed by atoms with Crippen molar-refractivity contribution in [2.24, 2.45) is 0 Å². The number of aryl methyl sites for hydroxylation is 2.